The zero-order chi connectivity index (χ0) is 29.3. The summed E-state index contributed by atoms with van der Waals surface area (Å²) in [4.78, 5) is 41.6. The molecular weight excluding hydrogens is 556 g/mol. The number of Topliss-reactive ketones (excluding diaryl/α,β-unsaturated/α-hetero) is 1. The van der Waals surface area contributed by atoms with E-state index in [-0.39, 0.29) is 42.7 Å². The molecule has 218 valence electrons. The summed E-state index contributed by atoms with van der Waals surface area (Å²) in [5.74, 6) is -0.966. The number of aryl methyl sites for hydroxylation is 1. The number of alkyl halides is 1. The fourth-order valence-corrected chi connectivity index (χ4v) is 5.96. The average molecular weight is 588 g/mol. The van der Waals surface area contributed by atoms with Gasteiger partial charge in [-0.2, -0.15) is 0 Å². The van der Waals surface area contributed by atoms with Crippen LogP contribution in [0, 0.1) is 5.82 Å². The lowest BCUT2D eigenvalue weighted by molar-refractivity contribution is -0.122. The van der Waals surface area contributed by atoms with Crippen molar-refractivity contribution >= 4 is 51.7 Å². The standard InChI is InChI=1S/C29H32ClF2N5O4/c1-41-20-8-10-35(11-9-20)19-12-17(27(32)22(30)14-19)6-7-26(38)25-13-18(31)15-37(25)29(40)34-23-16-36(28(33)39)24-5-3-2-4-21(23)24/h2-5,12,14,16,18,20,25H,6-11,13,15H2,1H3,(H2,33,39)(H,34,40)/t18-,25+/m1/s1. The maximum Gasteiger partial charge on any atom is 0.323 e. The third-order valence-corrected chi connectivity index (χ3v) is 8.22. The molecule has 0 bridgehead atoms. The Bertz CT molecular complexity index is 1470. The van der Waals surface area contributed by atoms with Crippen molar-refractivity contribution in [3.8, 4) is 0 Å². The fraction of sp³-hybridized carbons (Fsp3) is 0.414. The third-order valence-electron chi connectivity index (χ3n) is 7.94. The minimum absolute atomic E-state index is 0.0281. The van der Waals surface area contributed by atoms with E-state index in [0.29, 0.717) is 22.2 Å². The van der Waals surface area contributed by atoms with Gasteiger partial charge in [0.25, 0.3) is 0 Å². The number of amides is 3. The SMILES string of the molecule is COC1CCN(c2cc(Cl)c(F)c(CCC(=O)[C@@H]3C[C@@H](F)CN3C(=O)Nc3cn(C(N)=O)c4ccccc34)c2)CC1. The number of nitrogens with two attached hydrogens (primary N) is 1. The fourth-order valence-electron chi connectivity index (χ4n) is 5.73. The summed E-state index contributed by atoms with van der Waals surface area (Å²) < 4.78 is 36.1. The molecule has 2 aliphatic heterocycles. The summed E-state index contributed by atoms with van der Waals surface area (Å²) in [5, 5.41) is 3.24. The van der Waals surface area contributed by atoms with E-state index in [9.17, 15) is 23.2 Å². The Morgan fingerprint density at radius 2 is 1.90 bits per heavy atom. The van der Waals surface area contributed by atoms with Crippen LogP contribution in [0.3, 0.4) is 0 Å². The van der Waals surface area contributed by atoms with Gasteiger partial charge in [0.05, 0.1) is 34.9 Å². The molecule has 12 heteroatoms. The Morgan fingerprint density at radius 1 is 1.17 bits per heavy atom. The van der Waals surface area contributed by atoms with Crippen LogP contribution in [0.4, 0.5) is 29.7 Å². The number of fused-ring (bicyclic) bond motifs is 1. The molecule has 41 heavy (non-hydrogen) atoms. The molecule has 2 atom stereocenters. The number of ketones is 1. The summed E-state index contributed by atoms with van der Waals surface area (Å²) >= 11 is 6.21. The van der Waals surface area contributed by atoms with Crippen LogP contribution in [0.1, 0.15) is 31.2 Å². The molecule has 0 saturated carbocycles. The van der Waals surface area contributed by atoms with E-state index in [2.05, 4.69) is 10.2 Å². The number of carbonyl (C=O) groups is 3. The van der Waals surface area contributed by atoms with Crippen LogP contribution in [-0.4, -0.2) is 72.4 Å². The monoisotopic (exact) mass is 587 g/mol. The van der Waals surface area contributed by atoms with Gasteiger partial charge in [-0.15, -0.1) is 0 Å². The molecule has 0 radical (unpaired) electrons. The molecule has 3 heterocycles. The predicted octanol–water partition coefficient (Wildman–Crippen LogP) is 5.12. The Hall–Kier alpha value is -3.70. The number of nitrogens with one attached hydrogen (secondary N) is 1. The first-order valence-corrected chi connectivity index (χ1v) is 13.9. The highest BCUT2D eigenvalue weighted by molar-refractivity contribution is 6.31. The third kappa shape index (κ3) is 6.01. The molecule has 0 aliphatic carbocycles. The molecule has 3 aromatic rings. The number of likely N-dealkylation sites (tertiary alicyclic amines) is 1. The molecule has 9 nitrogen and oxygen atoms in total. The molecule has 1 aromatic heterocycles. The first-order chi connectivity index (χ1) is 19.7. The van der Waals surface area contributed by atoms with Crippen molar-refractivity contribution in [3.05, 3.63) is 59.0 Å². The number of nitrogens with zero attached hydrogens (tertiary/aromatic N) is 3. The minimum Gasteiger partial charge on any atom is -0.381 e. The summed E-state index contributed by atoms with van der Waals surface area (Å²) in [6.45, 7) is 1.21. The number of para-hydroxylation sites is 1. The van der Waals surface area contributed by atoms with Gasteiger partial charge < -0.3 is 25.6 Å². The van der Waals surface area contributed by atoms with E-state index < -0.39 is 30.1 Å². The molecule has 5 rings (SSSR count). The molecular formula is C29H32ClF2N5O4. The molecule has 2 saturated heterocycles. The normalized spacial score (nSPS) is 19.6. The number of aromatic nitrogens is 1. The van der Waals surface area contributed by atoms with Gasteiger partial charge >= 0.3 is 12.1 Å². The second kappa shape index (κ2) is 12.0. The van der Waals surface area contributed by atoms with Crippen molar-refractivity contribution in [2.75, 3.05) is 37.0 Å². The zero-order valence-electron chi connectivity index (χ0n) is 22.6. The van der Waals surface area contributed by atoms with E-state index >= 15 is 0 Å². The van der Waals surface area contributed by atoms with Gasteiger partial charge in [0.1, 0.15) is 12.0 Å². The van der Waals surface area contributed by atoms with Gasteiger partial charge in [0.2, 0.25) is 0 Å². The van der Waals surface area contributed by atoms with Crippen molar-refractivity contribution < 1.29 is 27.9 Å². The van der Waals surface area contributed by atoms with Gasteiger partial charge in [-0.3, -0.25) is 9.36 Å². The van der Waals surface area contributed by atoms with E-state index in [1.54, 1.807) is 43.5 Å². The first kappa shape index (κ1) is 28.8. The molecule has 2 fully saturated rings. The molecule has 3 amide bonds. The smallest absolute Gasteiger partial charge is 0.323 e. The predicted molar refractivity (Wildman–Crippen MR) is 153 cm³/mol. The van der Waals surface area contributed by atoms with Crippen molar-refractivity contribution in [1.29, 1.82) is 0 Å². The van der Waals surface area contributed by atoms with Crippen LogP contribution >= 0.6 is 11.6 Å². The number of rotatable bonds is 7. The molecule has 2 aliphatic rings. The van der Waals surface area contributed by atoms with E-state index in [0.717, 1.165) is 36.5 Å². The van der Waals surface area contributed by atoms with Gasteiger partial charge in [-0.1, -0.05) is 29.8 Å². The number of hydrogen-bond acceptors (Lipinski definition) is 5. The summed E-state index contributed by atoms with van der Waals surface area (Å²) in [6, 6.07) is 7.73. The van der Waals surface area contributed by atoms with Gasteiger partial charge in [-0.05, 0) is 43.0 Å². The van der Waals surface area contributed by atoms with Crippen LogP contribution in [0.5, 0.6) is 0 Å². The van der Waals surface area contributed by atoms with Crippen LogP contribution in [0.2, 0.25) is 5.02 Å². The quantitative estimate of drug-likeness (QED) is 0.399. The lowest BCUT2D eigenvalue weighted by Gasteiger charge is -2.33. The summed E-state index contributed by atoms with van der Waals surface area (Å²) in [7, 11) is 1.69. The number of hydrogen-bond donors (Lipinski definition) is 2. The van der Waals surface area contributed by atoms with Crippen molar-refractivity contribution in [2.45, 2.75) is 50.4 Å². The van der Waals surface area contributed by atoms with E-state index in [4.69, 9.17) is 22.1 Å². The lowest BCUT2D eigenvalue weighted by Crippen LogP contribution is -2.43. The minimum atomic E-state index is -1.38. The number of benzene rings is 2. The highest BCUT2D eigenvalue weighted by atomic mass is 35.5. The van der Waals surface area contributed by atoms with Crippen molar-refractivity contribution in [1.82, 2.24) is 9.47 Å². The van der Waals surface area contributed by atoms with Gasteiger partial charge in [0, 0.05) is 50.3 Å². The maximum absolute atomic E-state index is 14.9. The number of piperidine rings is 1. The second-order valence-corrected chi connectivity index (χ2v) is 10.9. The number of carbonyl (C=O) groups excluding carboxylic acids is 3. The molecule has 2 aromatic carbocycles. The highest BCUT2D eigenvalue weighted by Gasteiger charge is 2.39. The lowest BCUT2D eigenvalue weighted by atomic mass is 10.00. The highest BCUT2D eigenvalue weighted by Crippen LogP contribution is 2.31. The van der Waals surface area contributed by atoms with Gasteiger partial charge in [0.15, 0.2) is 5.78 Å². The van der Waals surface area contributed by atoms with Crippen LogP contribution in [-0.2, 0) is 16.0 Å². The number of methoxy groups -OCH3 is 1. The number of primary amides is 1. The number of anilines is 2. The summed E-state index contributed by atoms with van der Waals surface area (Å²) in [6.07, 6.45) is 1.69. The zero-order valence-corrected chi connectivity index (χ0v) is 23.4. The molecule has 3 N–H and O–H groups in total. The summed E-state index contributed by atoms with van der Waals surface area (Å²) in [5.41, 5.74) is 7.32. The van der Waals surface area contributed by atoms with Crippen molar-refractivity contribution in [2.24, 2.45) is 5.73 Å². The number of urea groups is 1. The van der Waals surface area contributed by atoms with Crippen LogP contribution < -0.4 is 16.0 Å². The maximum atomic E-state index is 14.9. The number of halogens is 3. The van der Waals surface area contributed by atoms with Crippen LogP contribution in [0.25, 0.3) is 10.9 Å². The van der Waals surface area contributed by atoms with Crippen LogP contribution in [0.15, 0.2) is 42.6 Å². The van der Waals surface area contributed by atoms with E-state index in [1.165, 1.54) is 10.8 Å². The average Bonchev–Trinajstić information content (AvgIpc) is 3.54. The van der Waals surface area contributed by atoms with E-state index in [1.807, 2.05) is 0 Å². The first-order valence-electron chi connectivity index (χ1n) is 13.6. The Balaban J connectivity index is 1.28. The van der Waals surface area contributed by atoms with Gasteiger partial charge in [-0.25, -0.2) is 18.4 Å². The second-order valence-electron chi connectivity index (χ2n) is 10.5. The molecule has 0 unspecified atom stereocenters. The number of ether oxygens (including phenoxy) is 1. The Kier molecular flexibility index (Phi) is 8.46. The molecule has 0 spiro atoms. The Labute approximate surface area is 241 Å². The Morgan fingerprint density at radius 3 is 2.61 bits per heavy atom. The topological polar surface area (TPSA) is 110 Å². The largest absolute Gasteiger partial charge is 0.381 e. The van der Waals surface area contributed by atoms with Crippen molar-refractivity contribution in [3.63, 3.8) is 0 Å².